The van der Waals surface area contributed by atoms with Crippen molar-refractivity contribution in [3.8, 4) is 0 Å². The summed E-state index contributed by atoms with van der Waals surface area (Å²) in [5.41, 5.74) is 1.75. The summed E-state index contributed by atoms with van der Waals surface area (Å²) in [5, 5.41) is 64.6. The van der Waals surface area contributed by atoms with Gasteiger partial charge in [0.05, 0.1) is 24.9 Å². The van der Waals surface area contributed by atoms with E-state index in [1.165, 1.54) is 11.1 Å². The van der Waals surface area contributed by atoms with E-state index in [0.717, 1.165) is 38.5 Å². The Labute approximate surface area is 263 Å². The van der Waals surface area contributed by atoms with Crippen LogP contribution in [0.5, 0.6) is 0 Å². The first kappa shape index (κ1) is 33.1. The van der Waals surface area contributed by atoms with Gasteiger partial charge in [-0.25, -0.2) is 0 Å². The lowest BCUT2D eigenvalue weighted by Crippen LogP contribution is -2.68. The van der Waals surface area contributed by atoms with Crippen molar-refractivity contribution in [2.75, 3.05) is 6.61 Å². The molecule has 14 atom stereocenters. The van der Waals surface area contributed by atoms with Gasteiger partial charge in [0.1, 0.15) is 24.4 Å². The molecule has 1 saturated heterocycles. The van der Waals surface area contributed by atoms with Crippen LogP contribution in [0.1, 0.15) is 100 Å². The molecule has 3 saturated carbocycles. The van der Waals surface area contributed by atoms with Crippen LogP contribution in [-0.2, 0) is 9.47 Å². The molecule has 8 heteroatoms. The Kier molecular flexibility index (Phi) is 7.76. The zero-order valence-corrected chi connectivity index (χ0v) is 28.1. The SMILES string of the molecule is CC1(C)CC2=C3C=CC4C5(C)C(O)CC(OC6OC(CO)C(O)C(O)C6O)C(C)(C)C5CCC4(C)C3(C)CCC2(C)C(O)C1. The minimum absolute atomic E-state index is 0.0499. The minimum atomic E-state index is -1.51. The third kappa shape index (κ3) is 4.31. The minimum Gasteiger partial charge on any atom is -0.394 e. The van der Waals surface area contributed by atoms with Crippen molar-refractivity contribution < 1.29 is 40.1 Å². The monoisotopic (exact) mass is 618 g/mol. The first-order chi connectivity index (χ1) is 20.3. The number of allylic oxidation sites excluding steroid dienone is 3. The predicted molar refractivity (Wildman–Crippen MR) is 166 cm³/mol. The lowest BCUT2D eigenvalue weighted by Gasteiger charge is -2.70. The van der Waals surface area contributed by atoms with Crippen molar-refractivity contribution in [2.24, 2.45) is 44.3 Å². The van der Waals surface area contributed by atoms with Gasteiger partial charge < -0.3 is 40.1 Å². The number of hydrogen-bond acceptors (Lipinski definition) is 8. The summed E-state index contributed by atoms with van der Waals surface area (Å²) in [6.07, 6.45) is 2.67. The summed E-state index contributed by atoms with van der Waals surface area (Å²) >= 11 is 0. The van der Waals surface area contributed by atoms with Crippen molar-refractivity contribution in [1.82, 2.24) is 0 Å². The topological polar surface area (TPSA) is 140 Å². The maximum Gasteiger partial charge on any atom is 0.186 e. The van der Waals surface area contributed by atoms with E-state index in [9.17, 15) is 30.6 Å². The van der Waals surface area contributed by atoms with E-state index in [2.05, 4.69) is 67.5 Å². The molecule has 4 fully saturated rings. The quantitative estimate of drug-likeness (QED) is 0.262. The van der Waals surface area contributed by atoms with Crippen LogP contribution in [0, 0.1) is 44.3 Å². The molecule has 44 heavy (non-hydrogen) atoms. The molecule has 1 aliphatic heterocycles. The van der Waals surface area contributed by atoms with Gasteiger partial charge in [0.15, 0.2) is 6.29 Å². The largest absolute Gasteiger partial charge is 0.394 e. The molecule has 0 spiro atoms. The molecule has 5 aliphatic carbocycles. The third-order valence-corrected chi connectivity index (χ3v) is 14.7. The Morgan fingerprint density at radius 3 is 2.20 bits per heavy atom. The van der Waals surface area contributed by atoms with Crippen LogP contribution in [0.3, 0.4) is 0 Å². The highest BCUT2D eigenvalue weighted by Crippen LogP contribution is 2.74. The summed E-state index contributed by atoms with van der Waals surface area (Å²) in [5.74, 6) is 0.245. The summed E-state index contributed by atoms with van der Waals surface area (Å²) in [4.78, 5) is 0. The molecule has 0 radical (unpaired) electrons. The highest BCUT2D eigenvalue weighted by Gasteiger charge is 2.69. The van der Waals surface area contributed by atoms with Crippen molar-refractivity contribution in [3.63, 3.8) is 0 Å². The van der Waals surface area contributed by atoms with Gasteiger partial charge in [0, 0.05) is 17.3 Å². The fourth-order valence-electron chi connectivity index (χ4n) is 11.5. The highest BCUT2D eigenvalue weighted by molar-refractivity contribution is 5.46. The normalized spacial score (nSPS) is 54.6. The Balaban J connectivity index is 1.35. The molecule has 1 heterocycles. The maximum atomic E-state index is 12.1. The second-order valence-electron chi connectivity index (χ2n) is 17.8. The fraction of sp³-hybridized carbons (Fsp3) is 0.889. The summed E-state index contributed by atoms with van der Waals surface area (Å²) in [6, 6.07) is 0. The average molecular weight is 619 g/mol. The van der Waals surface area contributed by atoms with Gasteiger partial charge in [-0.05, 0) is 77.6 Å². The Morgan fingerprint density at radius 2 is 1.55 bits per heavy atom. The summed E-state index contributed by atoms with van der Waals surface area (Å²) in [6.45, 7) is 17.9. The summed E-state index contributed by atoms with van der Waals surface area (Å²) in [7, 11) is 0. The second kappa shape index (κ2) is 10.3. The lowest BCUT2D eigenvalue weighted by atomic mass is 9.35. The molecule has 0 aromatic rings. The summed E-state index contributed by atoms with van der Waals surface area (Å²) < 4.78 is 12.1. The van der Waals surface area contributed by atoms with Gasteiger partial charge in [0.25, 0.3) is 0 Å². The predicted octanol–water partition coefficient (Wildman–Crippen LogP) is 3.85. The first-order valence-corrected chi connectivity index (χ1v) is 17.0. The number of aliphatic hydroxyl groups is 6. The van der Waals surface area contributed by atoms with Crippen LogP contribution in [0.25, 0.3) is 0 Å². The Hall–Kier alpha value is -0.840. The van der Waals surface area contributed by atoms with E-state index >= 15 is 0 Å². The Morgan fingerprint density at radius 1 is 0.864 bits per heavy atom. The third-order valence-electron chi connectivity index (χ3n) is 14.7. The van der Waals surface area contributed by atoms with Crippen molar-refractivity contribution in [2.45, 2.75) is 149 Å². The smallest absolute Gasteiger partial charge is 0.186 e. The molecule has 0 aromatic heterocycles. The molecule has 6 N–H and O–H groups in total. The molecular formula is C36H58O8. The van der Waals surface area contributed by atoms with Crippen LogP contribution < -0.4 is 0 Å². The fourth-order valence-corrected chi connectivity index (χ4v) is 11.5. The van der Waals surface area contributed by atoms with E-state index in [1.807, 2.05) is 0 Å². The van der Waals surface area contributed by atoms with Gasteiger partial charge in [-0.1, -0.05) is 73.1 Å². The van der Waals surface area contributed by atoms with E-state index in [4.69, 9.17) is 9.47 Å². The molecule has 8 nitrogen and oxygen atoms in total. The van der Waals surface area contributed by atoms with Crippen LogP contribution >= 0.6 is 0 Å². The molecular weight excluding hydrogens is 560 g/mol. The van der Waals surface area contributed by atoms with Crippen LogP contribution in [-0.4, -0.2) is 86.3 Å². The van der Waals surface area contributed by atoms with E-state index in [0.29, 0.717) is 6.42 Å². The number of fused-ring (bicyclic) bond motifs is 6. The number of rotatable bonds is 3. The first-order valence-electron chi connectivity index (χ1n) is 17.0. The van der Waals surface area contributed by atoms with Crippen LogP contribution in [0.4, 0.5) is 0 Å². The molecule has 0 bridgehead atoms. The number of ether oxygens (including phenoxy) is 2. The zero-order chi connectivity index (χ0) is 32.4. The van der Waals surface area contributed by atoms with E-state index in [-0.39, 0.29) is 39.6 Å². The number of aliphatic hydroxyl groups excluding tert-OH is 6. The standard InChI is InChI=1S/C36H58O8/c1-31(2)16-20-19-9-10-23-35(7,34(19,6)14-13-33(20,5)25(39)17-31)12-11-22-32(3,4)26(15-24(38)36(22,23)8)44-30-29(42)28(41)27(40)21(18-37)43-30/h9-10,21-30,37-42H,11-18H2,1-8H3. The molecule has 250 valence electrons. The van der Waals surface area contributed by atoms with Gasteiger partial charge >= 0.3 is 0 Å². The maximum absolute atomic E-state index is 12.1. The highest BCUT2D eigenvalue weighted by atomic mass is 16.7. The van der Waals surface area contributed by atoms with Gasteiger partial charge in [-0.3, -0.25) is 0 Å². The second-order valence-corrected chi connectivity index (χ2v) is 17.8. The van der Waals surface area contributed by atoms with Gasteiger partial charge in [-0.2, -0.15) is 0 Å². The van der Waals surface area contributed by atoms with Crippen LogP contribution in [0.15, 0.2) is 23.3 Å². The molecule has 0 amide bonds. The van der Waals surface area contributed by atoms with Crippen molar-refractivity contribution in [1.29, 1.82) is 0 Å². The van der Waals surface area contributed by atoms with Gasteiger partial charge in [-0.15, -0.1) is 0 Å². The van der Waals surface area contributed by atoms with E-state index < -0.39 is 60.4 Å². The lowest BCUT2D eigenvalue weighted by molar-refractivity contribution is -0.335. The Bertz CT molecular complexity index is 1210. The molecule has 6 rings (SSSR count). The van der Waals surface area contributed by atoms with Crippen molar-refractivity contribution >= 4 is 0 Å². The molecule has 6 aliphatic rings. The molecule has 14 unspecified atom stereocenters. The average Bonchev–Trinajstić information content (AvgIpc) is 2.93. The van der Waals surface area contributed by atoms with Crippen molar-refractivity contribution in [3.05, 3.63) is 23.3 Å². The van der Waals surface area contributed by atoms with Gasteiger partial charge in [0.2, 0.25) is 0 Å². The molecule has 0 aromatic carbocycles. The number of hydrogen-bond donors (Lipinski definition) is 6. The van der Waals surface area contributed by atoms with Crippen LogP contribution in [0.2, 0.25) is 0 Å². The zero-order valence-electron chi connectivity index (χ0n) is 28.1. The van der Waals surface area contributed by atoms with E-state index in [1.54, 1.807) is 0 Å².